The molecule has 2 fully saturated rings. The summed E-state index contributed by atoms with van der Waals surface area (Å²) in [7, 11) is -3.26. The molecular weight excluding hydrogens is 228 g/mol. The number of hydrogen-bond acceptors (Lipinski definition) is 3. The van der Waals surface area contributed by atoms with E-state index in [-0.39, 0.29) is 18.6 Å². The summed E-state index contributed by atoms with van der Waals surface area (Å²) in [6, 6.07) is 0.118. The highest BCUT2D eigenvalue weighted by molar-refractivity contribution is 7.86. The van der Waals surface area contributed by atoms with Crippen molar-refractivity contribution in [3.05, 3.63) is 0 Å². The van der Waals surface area contributed by atoms with Gasteiger partial charge in [-0.1, -0.05) is 6.42 Å². The second kappa shape index (κ2) is 4.60. The lowest BCUT2D eigenvalue weighted by Crippen LogP contribution is -2.58. The van der Waals surface area contributed by atoms with Gasteiger partial charge in [0.25, 0.3) is 10.2 Å². The lowest BCUT2D eigenvalue weighted by molar-refractivity contribution is 0.107. The Morgan fingerprint density at radius 3 is 2.56 bits per heavy atom. The molecule has 0 radical (unpaired) electrons. The molecule has 2 heterocycles. The molecule has 1 N–H and O–H groups in total. The fourth-order valence-electron chi connectivity index (χ4n) is 2.39. The molecule has 1 unspecified atom stereocenters. The Bertz CT molecular complexity index is 338. The maximum Gasteiger partial charge on any atom is 0.282 e. The molecule has 2 aliphatic rings. The average Bonchev–Trinajstić information content (AvgIpc) is 2.16. The van der Waals surface area contributed by atoms with E-state index in [0.717, 1.165) is 19.3 Å². The highest BCUT2D eigenvalue weighted by atomic mass is 32.2. The highest BCUT2D eigenvalue weighted by Gasteiger charge is 2.40. The van der Waals surface area contributed by atoms with E-state index in [4.69, 9.17) is 5.11 Å². The Morgan fingerprint density at radius 1 is 1.31 bits per heavy atom. The van der Waals surface area contributed by atoms with E-state index in [1.165, 1.54) is 4.31 Å². The molecule has 1 atom stereocenters. The number of rotatable bonds is 3. The maximum atomic E-state index is 12.2. The number of hydrogen-bond donors (Lipinski definition) is 1. The first-order valence-electron chi connectivity index (χ1n) is 5.93. The summed E-state index contributed by atoms with van der Waals surface area (Å²) in [4.78, 5) is 0. The molecule has 0 bridgehead atoms. The third-order valence-electron chi connectivity index (χ3n) is 3.55. The maximum absolute atomic E-state index is 12.2. The topological polar surface area (TPSA) is 60.9 Å². The normalized spacial score (nSPS) is 30.2. The van der Waals surface area contributed by atoms with E-state index in [1.807, 2.05) is 6.92 Å². The summed E-state index contributed by atoms with van der Waals surface area (Å²) in [5, 5.41) is 8.90. The SMILES string of the molecule is CC1CCCCN1S(=O)(=O)N1CC(CO)C1. The van der Waals surface area contributed by atoms with Crippen molar-refractivity contribution in [1.29, 1.82) is 0 Å². The highest BCUT2D eigenvalue weighted by Crippen LogP contribution is 2.26. The van der Waals surface area contributed by atoms with Gasteiger partial charge in [0.1, 0.15) is 0 Å². The molecule has 0 aromatic rings. The van der Waals surface area contributed by atoms with Crippen LogP contribution in [-0.4, -0.2) is 54.4 Å². The second-order valence-corrected chi connectivity index (χ2v) is 6.71. The van der Waals surface area contributed by atoms with Gasteiger partial charge >= 0.3 is 0 Å². The van der Waals surface area contributed by atoms with Gasteiger partial charge in [0, 0.05) is 38.2 Å². The molecule has 0 spiro atoms. The van der Waals surface area contributed by atoms with Crippen LogP contribution in [0.5, 0.6) is 0 Å². The van der Waals surface area contributed by atoms with Crippen molar-refractivity contribution in [3.63, 3.8) is 0 Å². The van der Waals surface area contributed by atoms with Gasteiger partial charge in [0.05, 0.1) is 0 Å². The predicted octanol–water partition coefficient (Wildman–Crippen LogP) is 0.0297. The minimum atomic E-state index is -3.26. The number of aliphatic hydroxyl groups is 1. The molecule has 6 heteroatoms. The minimum absolute atomic E-state index is 0.0849. The zero-order valence-corrected chi connectivity index (χ0v) is 10.5. The molecular formula is C10H20N2O3S. The molecule has 0 saturated carbocycles. The van der Waals surface area contributed by atoms with Crippen molar-refractivity contribution in [2.45, 2.75) is 32.2 Å². The van der Waals surface area contributed by atoms with Crippen LogP contribution in [0.4, 0.5) is 0 Å². The standard InChI is InChI=1S/C10H20N2O3S/c1-9-4-2-3-5-12(9)16(14,15)11-6-10(7-11)8-13/h9-10,13H,2-8H2,1H3. The van der Waals surface area contributed by atoms with E-state index in [2.05, 4.69) is 0 Å². The van der Waals surface area contributed by atoms with Crippen LogP contribution in [0.15, 0.2) is 0 Å². The second-order valence-electron chi connectivity index (χ2n) is 4.83. The van der Waals surface area contributed by atoms with Gasteiger partial charge in [-0.3, -0.25) is 0 Å². The number of piperidine rings is 1. The molecule has 2 saturated heterocycles. The summed E-state index contributed by atoms with van der Waals surface area (Å²) in [6.07, 6.45) is 3.03. The van der Waals surface area contributed by atoms with Crippen molar-refractivity contribution in [1.82, 2.24) is 8.61 Å². The molecule has 16 heavy (non-hydrogen) atoms. The Balaban J connectivity index is 2.02. The van der Waals surface area contributed by atoms with Crippen LogP contribution >= 0.6 is 0 Å². The van der Waals surface area contributed by atoms with Crippen molar-refractivity contribution in [2.75, 3.05) is 26.2 Å². The third kappa shape index (κ3) is 2.11. The smallest absolute Gasteiger partial charge is 0.282 e. The molecule has 0 aromatic heterocycles. The summed E-state index contributed by atoms with van der Waals surface area (Å²) in [5.74, 6) is 0.134. The number of nitrogens with zero attached hydrogens (tertiary/aromatic N) is 2. The van der Waals surface area contributed by atoms with Crippen LogP contribution in [0.25, 0.3) is 0 Å². The van der Waals surface area contributed by atoms with Gasteiger partial charge in [-0.2, -0.15) is 17.0 Å². The van der Waals surface area contributed by atoms with Crippen LogP contribution in [0.1, 0.15) is 26.2 Å². The fourth-order valence-corrected chi connectivity index (χ4v) is 4.40. The van der Waals surface area contributed by atoms with Crippen LogP contribution in [0.3, 0.4) is 0 Å². The van der Waals surface area contributed by atoms with Crippen molar-refractivity contribution in [2.24, 2.45) is 5.92 Å². The Labute approximate surface area is 97.2 Å². The summed E-state index contributed by atoms with van der Waals surface area (Å²) < 4.78 is 27.5. The Morgan fingerprint density at radius 2 is 2.00 bits per heavy atom. The van der Waals surface area contributed by atoms with Crippen LogP contribution in [0, 0.1) is 5.92 Å². The first-order valence-corrected chi connectivity index (χ1v) is 7.33. The van der Waals surface area contributed by atoms with E-state index >= 15 is 0 Å². The average molecular weight is 248 g/mol. The van der Waals surface area contributed by atoms with Crippen LogP contribution in [-0.2, 0) is 10.2 Å². The van der Waals surface area contributed by atoms with Crippen molar-refractivity contribution < 1.29 is 13.5 Å². The zero-order valence-electron chi connectivity index (χ0n) is 9.67. The molecule has 0 amide bonds. The predicted molar refractivity (Wildman–Crippen MR) is 61.1 cm³/mol. The first kappa shape index (κ1) is 12.3. The monoisotopic (exact) mass is 248 g/mol. The van der Waals surface area contributed by atoms with E-state index in [0.29, 0.717) is 19.6 Å². The van der Waals surface area contributed by atoms with E-state index < -0.39 is 10.2 Å². The summed E-state index contributed by atoms with van der Waals surface area (Å²) in [5.41, 5.74) is 0. The quantitative estimate of drug-likeness (QED) is 0.766. The Hall–Kier alpha value is -0.170. The van der Waals surface area contributed by atoms with E-state index in [9.17, 15) is 8.42 Å². The van der Waals surface area contributed by atoms with Gasteiger partial charge < -0.3 is 5.11 Å². The molecule has 5 nitrogen and oxygen atoms in total. The van der Waals surface area contributed by atoms with Gasteiger partial charge in [-0.05, 0) is 19.8 Å². The van der Waals surface area contributed by atoms with Gasteiger partial charge in [0.2, 0.25) is 0 Å². The first-order chi connectivity index (χ1) is 7.55. The van der Waals surface area contributed by atoms with Gasteiger partial charge in [-0.15, -0.1) is 0 Å². The Kier molecular flexibility index (Phi) is 3.53. The molecule has 0 aliphatic carbocycles. The molecule has 2 rings (SSSR count). The van der Waals surface area contributed by atoms with Gasteiger partial charge in [-0.25, -0.2) is 0 Å². The molecule has 2 aliphatic heterocycles. The lowest BCUT2D eigenvalue weighted by Gasteiger charge is -2.42. The largest absolute Gasteiger partial charge is 0.396 e. The lowest BCUT2D eigenvalue weighted by atomic mass is 10.1. The number of aliphatic hydroxyl groups excluding tert-OH is 1. The van der Waals surface area contributed by atoms with Crippen molar-refractivity contribution in [3.8, 4) is 0 Å². The molecule has 94 valence electrons. The fraction of sp³-hybridized carbons (Fsp3) is 1.00. The van der Waals surface area contributed by atoms with Crippen molar-refractivity contribution >= 4 is 10.2 Å². The van der Waals surface area contributed by atoms with E-state index in [1.54, 1.807) is 4.31 Å². The summed E-state index contributed by atoms with van der Waals surface area (Å²) in [6.45, 7) is 3.65. The molecule has 0 aromatic carbocycles. The third-order valence-corrected chi connectivity index (χ3v) is 5.63. The van der Waals surface area contributed by atoms with Gasteiger partial charge in [0.15, 0.2) is 0 Å². The zero-order chi connectivity index (χ0) is 11.8. The minimum Gasteiger partial charge on any atom is -0.396 e. The summed E-state index contributed by atoms with van der Waals surface area (Å²) >= 11 is 0. The van der Waals surface area contributed by atoms with Crippen LogP contribution in [0.2, 0.25) is 0 Å². The van der Waals surface area contributed by atoms with Crippen LogP contribution < -0.4 is 0 Å².